The topological polar surface area (TPSA) is 6.25 Å². The first-order valence-corrected chi connectivity index (χ1v) is 4.19. The van der Waals surface area contributed by atoms with E-state index in [9.17, 15) is 0 Å². The highest BCUT2D eigenvalue weighted by molar-refractivity contribution is 5.07. The molecule has 2 nitrogen and oxygen atoms in total. The van der Waals surface area contributed by atoms with Crippen LogP contribution in [0.4, 0.5) is 0 Å². The van der Waals surface area contributed by atoms with Gasteiger partial charge in [0.2, 0.25) is 0 Å². The molecule has 0 bridgehead atoms. The maximum Gasteiger partial charge on any atom is 0.0392 e. The van der Waals surface area contributed by atoms with Gasteiger partial charge in [0.1, 0.15) is 0 Å². The normalized spacial score (nSPS) is 43.8. The number of piperazine rings is 1. The summed E-state index contributed by atoms with van der Waals surface area (Å²) in [7, 11) is 4.41. The van der Waals surface area contributed by atoms with E-state index in [1.165, 1.54) is 13.1 Å². The summed E-state index contributed by atoms with van der Waals surface area (Å²) in [6.07, 6.45) is 0. The van der Waals surface area contributed by atoms with Crippen LogP contribution in [0, 0.1) is 0 Å². The molecule has 0 spiro atoms. The van der Waals surface area contributed by atoms with Gasteiger partial charge in [0.15, 0.2) is 0 Å². The second-order valence-electron chi connectivity index (χ2n) is 3.02. The number of hydrogen-bond acceptors (Lipinski definition) is 2. The molecule has 0 N–H and O–H groups in total. The van der Waals surface area contributed by atoms with Crippen molar-refractivity contribution in [3.8, 4) is 0 Å². The lowest BCUT2D eigenvalue weighted by atomic mass is 10.4. The molecule has 2 aliphatic heterocycles. The van der Waals surface area contributed by atoms with Crippen LogP contribution >= 0.6 is 0 Å². The molecule has 0 radical (unpaired) electrons. The van der Waals surface area contributed by atoms with E-state index in [0.29, 0.717) is 0 Å². The maximum atomic E-state index is 2.44. The van der Waals surface area contributed by atoms with Gasteiger partial charge in [-0.25, -0.2) is 0 Å². The molecule has 2 aliphatic rings. The lowest BCUT2D eigenvalue weighted by Crippen LogP contribution is -2.23. The molecule has 10 heavy (non-hydrogen) atoms. The molecule has 60 valence electrons. The van der Waals surface area contributed by atoms with Gasteiger partial charge in [0.05, 0.1) is 0 Å². The van der Waals surface area contributed by atoms with Crippen molar-refractivity contribution in [1.29, 1.82) is 0 Å². The van der Waals surface area contributed by atoms with Crippen LogP contribution in [-0.4, -0.2) is 49.1 Å². The van der Waals surface area contributed by atoms with Gasteiger partial charge < -0.3 is 4.90 Å². The standard InChI is InChI=1S/C6H12N2.C2H6/c1-7-3-5-6(4-7)8(5)2;1-2/h5-6H,3-4H2,1-2H3;1-2H3. The highest BCUT2D eigenvalue weighted by atomic mass is 15.4. The first-order valence-electron chi connectivity index (χ1n) is 4.19. The van der Waals surface area contributed by atoms with Crippen molar-refractivity contribution < 1.29 is 0 Å². The molecule has 2 heterocycles. The van der Waals surface area contributed by atoms with Gasteiger partial charge in [-0.3, -0.25) is 4.90 Å². The van der Waals surface area contributed by atoms with Gasteiger partial charge >= 0.3 is 0 Å². The van der Waals surface area contributed by atoms with Gasteiger partial charge in [0.25, 0.3) is 0 Å². The number of hydrogen-bond donors (Lipinski definition) is 0. The summed E-state index contributed by atoms with van der Waals surface area (Å²) in [6.45, 7) is 6.59. The van der Waals surface area contributed by atoms with Crippen LogP contribution in [-0.2, 0) is 0 Å². The van der Waals surface area contributed by atoms with Crippen molar-refractivity contribution in [3.05, 3.63) is 0 Å². The second-order valence-corrected chi connectivity index (χ2v) is 3.02. The van der Waals surface area contributed by atoms with Crippen molar-refractivity contribution in [2.45, 2.75) is 25.9 Å². The van der Waals surface area contributed by atoms with Crippen LogP contribution in [0.5, 0.6) is 0 Å². The van der Waals surface area contributed by atoms with Gasteiger partial charge in [-0.2, -0.15) is 0 Å². The van der Waals surface area contributed by atoms with E-state index in [-0.39, 0.29) is 0 Å². The fourth-order valence-electron chi connectivity index (χ4n) is 1.69. The van der Waals surface area contributed by atoms with Crippen LogP contribution in [0.3, 0.4) is 0 Å². The monoisotopic (exact) mass is 142 g/mol. The largest absolute Gasteiger partial charge is 0.303 e. The molecule has 0 aliphatic carbocycles. The minimum Gasteiger partial charge on any atom is -0.303 e. The van der Waals surface area contributed by atoms with Crippen LogP contribution in [0.2, 0.25) is 0 Å². The van der Waals surface area contributed by atoms with Gasteiger partial charge in [0, 0.05) is 25.2 Å². The van der Waals surface area contributed by atoms with Crippen molar-refractivity contribution in [1.82, 2.24) is 9.80 Å². The summed E-state index contributed by atoms with van der Waals surface area (Å²) in [5.74, 6) is 0. The third-order valence-electron chi connectivity index (χ3n) is 2.40. The van der Waals surface area contributed by atoms with Crippen molar-refractivity contribution in [2.75, 3.05) is 27.2 Å². The molecule has 2 saturated heterocycles. The van der Waals surface area contributed by atoms with E-state index >= 15 is 0 Å². The maximum absolute atomic E-state index is 2.44. The Morgan fingerprint density at radius 1 is 1.00 bits per heavy atom. The van der Waals surface area contributed by atoms with E-state index in [4.69, 9.17) is 0 Å². The Morgan fingerprint density at radius 2 is 1.40 bits per heavy atom. The zero-order valence-electron chi connectivity index (χ0n) is 7.46. The van der Waals surface area contributed by atoms with Crippen molar-refractivity contribution >= 4 is 0 Å². The predicted molar refractivity (Wildman–Crippen MR) is 44.2 cm³/mol. The fraction of sp³-hybridized carbons (Fsp3) is 1.00. The molecule has 2 rings (SSSR count). The minimum absolute atomic E-state index is 0.917. The molecular weight excluding hydrogens is 124 g/mol. The average Bonchev–Trinajstić information content (AvgIpc) is 2.45. The Morgan fingerprint density at radius 3 is 1.70 bits per heavy atom. The molecule has 0 aromatic carbocycles. The molecular formula is C8H18N2. The van der Waals surface area contributed by atoms with E-state index in [0.717, 1.165) is 12.1 Å². The van der Waals surface area contributed by atoms with Gasteiger partial charge in [-0.1, -0.05) is 13.8 Å². The Balaban J connectivity index is 0.000000231. The molecule has 2 fully saturated rings. The van der Waals surface area contributed by atoms with Crippen molar-refractivity contribution in [2.24, 2.45) is 0 Å². The number of likely N-dealkylation sites (N-methyl/N-ethyl adjacent to an activating group) is 2. The summed E-state index contributed by atoms with van der Waals surface area (Å²) in [4.78, 5) is 4.84. The summed E-state index contributed by atoms with van der Waals surface area (Å²) in [5.41, 5.74) is 0. The number of fused-ring (bicyclic) bond motifs is 1. The van der Waals surface area contributed by atoms with Crippen LogP contribution in [0.15, 0.2) is 0 Å². The van der Waals surface area contributed by atoms with Crippen LogP contribution in [0.1, 0.15) is 13.8 Å². The average molecular weight is 142 g/mol. The smallest absolute Gasteiger partial charge is 0.0392 e. The van der Waals surface area contributed by atoms with E-state index in [1.54, 1.807) is 0 Å². The summed E-state index contributed by atoms with van der Waals surface area (Å²) >= 11 is 0. The molecule has 2 unspecified atom stereocenters. The Bertz CT molecular complexity index is 102. The van der Waals surface area contributed by atoms with Crippen LogP contribution < -0.4 is 0 Å². The van der Waals surface area contributed by atoms with Gasteiger partial charge in [-0.05, 0) is 14.1 Å². The third kappa shape index (κ3) is 1.18. The fourth-order valence-corrected chi connectivity index (χ4v) is 1.69. The van der Waals surface area contributed by atoms with E-state index in [2.05, 4.69) is 23.9 Å². The summed E-state index contributed by atoms with van der Waals surface area (Å²) in [5, 5.41) is 0. The summed E-state index contributed by atoms with van der Waals surface area (Å²) < 4.78 is 0. The Kier molecular flexibility index (Phi) is 2.32. The second kappa shape index (κ2) is 2.89. The zero-order chi connectivity index (χ0) is 7.72. The molecule has 2 atom stereocenters. The van der Waals surface area contributed by atoms with Crippen LogP contribution in [0.25, 0.3) is 0 Å². The van der Waals surface area contributed by atoms with Gasteiger partial charge in [-0.15, -0.1) is 0 Å². The lowest BCUT2D eigenvalue weighted by Gasteiger charge is -2.10. The first kappa shape index (κ1) is 8.02. The van der Waals surface area contributed by atoms with Crippen molar-refractivity contribution in [3.63, 3.8) is 0 Å². The number of rotatable bonds is 0. The van der Waals surface area contributed by atoms with E-state index in [1.807, 2.05) is 13.8 Å². The SMILES string of the molecule is CC.CN1CC2C(C1)N2C. The number of nitrogens with zero attached hydrogens (tertiary/aromatic N) is 2. The Labute approximate surface area is 63.8 Å². The third-order valence-corrected chi connectivity index (χ3v) is 2.40. The minimum atomic E-state index is 0.917. The molecule has 2 heteroatoms. The zero-order valence-corrected chi connectivity index (χ0v) is 7.46. The Hall–Kier alpha value is -0.0800. The molecule has 0 aromatic heterocycles. The highest BCUT2D eigenvalue weighted by Crippen LogP contribution is 2.31. The number of likely N-dealkylation sites (tertiary alicyclic amines) is 1. The lowest BCUT2D eigenvalue weighted by molar-refractivity contribution is 0.322. The quantitative estimate of drug-likeness (QED) is 0.458. The first-order chi connectivity index (χ1) is 4.79. The predicted octanol–water partition coefficient (Wildman–Crippen LogP) is 0.641. The molecule has 0 aromatic rings. The molecule has 0 amide bonds. The summed E-state index contributed by atoms with van der Waals surface area (Å²) in [6, 6.07) is 1.83. The molecule has 0 saturated carbocycles. The highest BCUT2D eigenvalue weighted by Gasteiger charge is 2.49. The van der Waals surface area contributed by atoms with E-state index < -0.39 is 0 Å².